The van der Waals surface area contributed by atoms with Gasteiger partial charge < -0.3 is 10.4 Å². The van der Waals surface area contributed by atoms with Gasteiger partial charge in [0.15, 0.2) is 0 Å². The average Bonchev–Trinajstić information content (AvgIpc) is 2.36. The van der Waals surface area contributed by atoms with Crippen molar-refractivity contribution in [2.75, 3.05) is 7.05 Å². The fraction of sp³-hybridized carbons (Fsp3) is 0.273. The standard InChI is InChI=1S/C11H12Cl2N2O5S/c1-5(10(16)14-2)15-21(19,20)9-3-6(11(17)18)7(12)4-8(9)13/h3-5,15H,1-2H3,(H,14,16)(H,17,18). The van der Waals surface area contributed by atoms with Crippen molar-refractivity contribution in [1.82, 2.24) is 10.0 Å². The highest BCUT2D eigenvalue weighted by Gasteiger charge is 2.26. The van der Waals surface area contributed by atoms with Gasteiger partial charge in [0.1, 0.15) is 4.90 Å². The van der Waals surface area contributed by atoms with E-state index >= 15 is 0 Å². The van der Waals surface area contributed by atoms with Crippen LogP contribution in [0.2, 0.25) is 10.0 Å². The summed E-state index contributed by atoms with van der Waals surface area (Å²) >= 11 is 11.5. The van der Waals surface area contributed by atoms with Crippen LogP contribution in [0, 0.1) is 0 Å². The number of amides is 1. The van der Waals surface area contributed by atoms with Gasteiger partial charge in [-0.3, -0.25) is 4.79 Å². The van der Waals surface area contributed by atoms with Gasteiger partial charge >= 0.3 is 5.97 Å². The van der Waals surface area contributed by atoms with Crippen LogP contribution in [-0.4, -0.2) is 38.5 Å². The molecule has 7 nitrogen and oxygen atoms in total. The molecule has 1 aromatic rings. The van der Waals surface area contributed by atoms with Gasteiger partial charge in [-0.15, -0.1) is 0 Å². The SMILES string of the molecule is CNC(=O)C(C)NS(=O)(=O)c1cc(C(=O)O)c(Cl)cc1Cl. The summed E-state index contributed by atoms with van der Waals surface area (Å²) in [5.41, 5.74) is -0.408. The lowest BCUT2D eigenvalue weighted by atomic mass is 10.2. The number of hydrogen-bond acceptors (Lipinski definition) is 4. The molecule has 1 unspecified atom stereocenters. The van der Waals surface area contributed by atoms with Crippen molar-refractivity contribution >= 4 is 45.1 Å². The molecule has 0 saturated heterocycles. The molecule has 1 amide bonds. The fourth-order valence-electron chi connectivity index (χ4n) is 1.47. The van der Waals surface area contributed by atoms with Crippen LogP contribution in [0.4, 0.5) is 0 Å². The molecular weight excluding hydrogens is 343 g/mol. The monoisotopic (exact) mass is 354 g/mol. The number of benzene rings is 1. The molecule has 21 heavy (non-hydrogen) atoms. The molecule has 116 valence electrons. The molecule has 0 bridgehead atoms. The first kappa shape index (κ1) is 17.7. The largest absolute Gasteiger partial charge is 0.478 e. The second-order valence-corrected chi connectivity index (χ2v) is 6.52. The zero-order chi connectivity index (χ0) is 16.4. The van der Waals surface area contributed by atoms with Crippen molar-refractivity contribution in [2.24, 2.45) is 0 Å². The third kappa shape index (κ3) is 4.07. The van der Waals surface area contributed by atoms with Crippen LogP contribution < -0.4 is 10.0 Å². The van der Waals surface area contributed by atoms with Crippen molar-refractivity contribution in [2.45, 2.75) is 17.9 Å². The molecule has 0 saturated carbocycles. The predicted octanol–water partition coefficient (Wildman–Crippen LogP) is 1.10. The van der Waals surface area contributed by atoms with Gasteiger partial charge in [0.2, 0.25) is 15.9 Å². The average molecular weight is 355 g/mol. The number of likely N-dealkylation sites (N-methyl/N-ethyl adjacent to an activating group) is 1. The number of rotatable bonds is 5. The van der Waals surface area contributed by atoms with E-state index in [9.17, 15) is 18.0 Å². The third-order valence-corrected chi connectivity index (χ3v) is 4.83. The molecule has 0 aliphatic rings. The normalized spacial score (nSPS) is 12.8. The lowest BCUT2D eigenvalue weighted by molar-refractivity contribution is -0.121. The van der Waals surface area contributed by atoms with Gasteiger partial charge in [0.05, 0.1) is 21.7 Å². The van der Waals surface area contributed by atoms with E-state index in [2.05, 4.69) is 10.0 Å². The highest BCUT2D eigenvalue weighted by atomic mass is 35.5. The number of carbonyl (C=O) groups is 2. The summed E-state index contributed by atoms with van der Waals surface area (Å²) in [6.45, 7) is 1.33. The molecule has 10 heteroatoms. The first-order valence-electron chi connectivity index (χ1n) is 5.56. The van der Waals surface area contributed by atoms with E-state index in [1.807, 2.05) is 0 Å². The number of halogens is 2. The highest BCUT2D eigenvalue weighted by molar-refractivity contribution is 7.89. The van der Waals surface area contributed by atoms with E-state index in [1.54, 1.807) is 0 Å². The van der Waals surface area contributed by atoms with E-state index in [1.165, 1.54) is 14.0 Å². The van der Waals surface area contributed by atoms with Crippen LogP contribution in [0.3, 0.4) is 0 Å². The van der Waals surface area contributed by atoms with E-state index in [4.69, 9.17) is 28.3 Å². The van der Waals surface area contributed by atoms with Crippen LogP contribution in [0.15, 0.2) is 17.0 Å². The topological polar surface area (TPSA) is 113 Å². The van der Waals surface area contributed by atoms with Crippen molar-refractivity contribution < 1.29 is 23.1 Å². The summed E-state index contributed by atoms with van der Waals surface area (Å²) < 4.78 is 26.4. The van der Waals surface area contributed by atoms with Crippen LogP contribution in [0.25, 0.3) is 0 Å². The molecule has 1 atom stereocenters. The number of carboxylic acids is 1. The highest BCUT2D eigenvalue weighted by Crippen LogP contribution is 2.28. The zero-order valence-corrected chi connectivity index (χ0v) is 13.3. The molecule has 3 N–H and O–H groups in total. The summed E-state index contributed by atoms with van der Waals surface area (Å²) in [4.78, 5) is 21.9. The van der Waals surface area contributed by atoms with Crippen molar-refractivity contribution in [3.8, 4) is 0 Å². The van der Waals surface area contributed by atoms with Crippen LogP contribution in [-0.2, 0) is 14.8 Å². The Morgan fingerprint density at radius 1 is 1.24 bits per heavy atom. The van der Waals surface area contributed by atoms with Gasteiger partial charge in [-0.1, -0.05) is 23.2 Å². The zero-order valence-electron chi connectivity index (χ0n) is 11.0. The van der Waals surface area contributed by atoms with Crippen molar-refractivity contribution in [1.29, 1.82) is 0 Å². The summed E-state index contributed by atoms with van der Waals surface area (Å²) in [5.74, 6) is -1.95. The maximum Gasteiger partial charge on any atom is 0.337 e. The molecular formula is C11H12Cl2N2O5S. The molecule has 0 heterocycles. The van der Waals surface area contributed by atoms with E-state index in [0.717, 1.165) is 12.1 Å². The Morgan fingerprint density at radius 2 is 1.81 bits per heavy atom. The minimum absolute atomic E-state index is 0.189. The smallest absolute Gasteiger partial charge is 0.337 e. The Morgan fingerprint density at radius 3 is 2.29 bits per heavy atom. The van der Waals surface area contributed by atoms with Crippen LogP contribution >= 0.6 is 23.2 Å². The maximum atomic E-state index is 12.2. The molecule has 1 aromatic carbocycles. The minimum atomic E-state index is -4.18. The van der Waals surface area contributed by atoms with E-state index in [-0.39, 0.29) is 10.0 Å². The lowest BCUT2D eigenvalue weighted by Crippen LogP contribution is -2.43. The Hall–Kier alpha value is -1.35. The van der Waals surface area contributed by atoms with E-state index in [0.29, 0.717) is 0 Å². The van der Waals surface area contributed by atoms with Gasteiger partial charge in [-0.2, -0.15) is 4.72 Å². The first-order chi connectivity index (χ1) is 9.60. The molecule has 1 rings (SSSR count). The van der Waals surface area contributed by atoms with Crippen molar-refractivity contribution in [3.05, 3.63) is 27.7 Å². The molecule has 0 aliphatic carbocycles. The molecule has 0 spiro atoms. The number of carboxylic acid groups (broad SMARTS) is 1. The second kappa shape index (κ2) is 6.61. The van der Waals surface area contributed by atoms with Gasteiger partial charge in [0.25, 0.3) is 0 Å². The van der Waals surface area contributed by atoms with Gasteiger partial charge in [0, 0.05) is 7.05 Å². The number of sulfonamides is 1. The molecule has 0 radical (unpaired) electrons. The Kier molecular flexibility index (Phi) is 5.57. The van der Waals surface area contributed by atoms with Gasteiger partial charge in [-0.05, 0) is 19.1 Å². The Balaban J connectivity index is 3.29. The van der Waals surface area contributed by atoms with Crippen molar-refractivity contribution in [3.63, 3.8) is 0 Å². The van der Waals surface area contributed by atoms with E-state index < -0.39 is 38.4 Å². The molecule has 0 aliphatic heterocycles. The number of nitrogens with one attached hydrogen (secondary N) is 2. The maximum absolute atomic E-state index is 12.2. The molecule has 0 fully saturated rings. The fourth-order valence-corrected chi connectivity index (χ4v) is 3.52. The number of carbonyl (C=O) groups excluding carboxylic acids is 1. The third-order valence-electron chi connectivity index (χ3n) is 2.51. The van der Waals surface area contributed by atoms with Crippen LogP contribution in [0.5, 0.6) is 0 Å². The Bertz CT molecular complexity index is 690. The first-order valence-corrected chi connectivity index (χ1v) is 7.80. The minimum Gasteiger partial charge on any atom is -0.478 e. The summed E-state index contributed by atoms with van der Waals surface area (Å²) in [7, 11) is -2.83. The second-order valence-electron chi connectivity index (χ2n) is 4.02. The number of hydrogen-bond donors (Lipinski definition) is 3. The predicted molar refractivity (Wildman–Crippen MR) is 77.3 cm³/mol. The van der Waals surface area contributed by atoms with Crippen LogP contribution in [0.1, 0.15) is 17.3 Å². The summed E-state index contributed by atoms with van der Waals surface area (Å²) in [6, 6.07) is 0.803. The lowest BCUT2D eigenvalue weighted by Gasteiger charge is -2.14. The quantitative estimate of drug-likeness (QED) is 0.732. The molecule has 0 aromatic heterocycles. The number of aromatic carboxylic acids is 1. The Labute approximate surface area is 131 Å². The van der Waals surface area contributed by atoms with Gasteiger partial charge in [-0.25, -0.2) is 13.2 Å². The summed E-state index contributed by atoms with van der Waals surface area (Å²) in [6.07, 6.45) is 0. The summed E-state index contributed by atoms with van der Waals surface area (Å²) in [5, 5.41) is 10.8.